The summed E-state index contributed by atoms with van der Waals surface area (Å²) in [6.07, 6.45) is 1.76. The molecule has 0 N–H and O–H groups in total. The quantitative estimate of drug-likeness (QED) is 0.717. The lowest BCUT2D eigenvalue weighted by Crippen LogP contribution is -1.84. The van der Waals surface area contributed by atoms with E-state index in [1.165, 1.54) is 0 Å². The van der Waals surface area contributed by atoms with Gasteiger partial charge in [-0.05, 0) is 12.1 Å². The van der Waals surface area contributed by atoms with Crippen LogP contribution in [0.5, 0.6) is 0 Å². The highest BCUT2D eigenvalue weighted by Crippen LogP contribution is 2.28. The topological polar surface area (TPSA) is 12.9 Å². The van der Waals surface area contributed by atoms with Crippen LogP contribution in [0.4, 0.5) is 0 Å². The smallest absolute Gasteiger partial charge is 0.112 e. The molecule has 0 spiro atoms. The number of rotatable bonds is 1. The zero-order valence-electron chi connectivity index (χ0n) is 4.89. The molecule has 1 nitrogen and oxygen atoms in total. The minimum Gasteiger partial charge on any atom is -0.259 e. The van der Waals surface area contributed by atoms with Crippen molar-refractivity contribution in [1.82, 2.24) is 4.98 Å². The maximum atomic E-state index is 4.12. The molecule has 1 aromatic rings. The average Bonchev–Trinajstić information content (AvgIpc) is 1.88. The summed E-state index contributed by atoms with van der Waals surface area (Å²) in [5.74, 6) is 0. The van der Waals surface area contributed by atoms with Crippen molar-refractivity contribution in [1.29, 1.82) is 0 Å². The van der Waals surface area contributed by atoms with E-state index in [2.05, 4.69) is 52.8 Å². The zero-order valence-corrected chi connectivity index (χ0v) is 9.65. The lowest BCUT2D eigenvalue weighted by atomic mass is 10.4. The van der Waals surface area contributed by atoms with E-state index in [1.54, 1.807) is 6.20 Å². The third kappa shape index (κ3) is 2.32. The van der Waals surface area contributed by atoms with E-state index < -0.39 is 0 Å². The van der Waals surface area contributed by atoms with Crippen molar-refractivity contribution in [3.05, 3.63) is 28.5 Å². The molecule has 0 aliphatic heterocycles. The van der Waals surface area contributed by atoms with E-state index in [4.69, 9.17) is 0 Å². The van der Waals surface area contributed by atoms with Gasteiger partial charge in [0, 0.05) is 10.7 Å². The Bertz CT molecular complexity index is 224. The first-order chi connectivity index (χ1) is 4.70. The van der Waals surface area contributed by atoms with Crippen LogP contribution in [0, 0.1) is 0 Å². The van der Waals surface area contributed by atoms with Crippen molar-refractivity contribution in [2.24, 2.45) is 0 Å². The molecule has 54 valence electrons. The molecular formula is C6H4Br3N. The summed E-state index contributed by atoms with van der Waals surface area (Å²) in [5, 5.41) is 0. The van der Waals surface area contributed by atoms with Gasteiger partial charge in [0.1, 0.15) is 3.74 Å². The van der Waals surface area contributed by atoms with Crippen molar-refractivity contribution < 1.29 is 0 Å². The van der Waals surface area contributed by atoms with Crippen molar-refractivity contribution in [3.63, 3.8) is 0 Å². The molecule has 0 aromatic carbocycles. The Morgan fingerprint density at radius 2 is 2.10 bits per heavy atom. The van der Waals surface area contributed by atoms with E-state index >= 15 is 0 Å². The summed E-state index contributed by atoms with van der Waals surface area (Å²) >= 11 is 10.0. The standard InChI is InChI=1S/C6H4Br3N/c7-4-1-2-10-5(3-4)6(8)9/h1-3,6H. The lowest BCUT2D eigenvalue weighted by molar-refractivity contribution is 1.17. The second kappa shape index (κ2) is 3.83. The Labute approximate surface area is 84.6 Å². The number of halogens is 3. The first-order valence-electron chi connectivity index (χ1n) is 2.60. The normalized spacial score (nSPS) is 10.4. The van der Waals surface area contributed by atoms with Gasteiger partial charge >= 0.3 is 0 Å². The number of nitrogens with zero attached hydrogens (tertiary/aromatic N) is 1. The molecule has 0 atom stereocenters. The van der Waals surface area contributed by atoms with Crippen LogP contribution < -0.4 is 0 Å². The largest absolute Gasteiger partial charge is 0.259 e. The first-order valence-corrected chi connectivity index (χ1v) is 5.22. The fraction of sp³-hybridized carbons (Fsp3) is 0.167. The van der Waals surface area contributed by atoms with Gasteiger partial charge in [-0.1, -0.05) is 47.8 Å². The molecule has 0 unspecified atom stereocenters. The molecule has 1 aromatic heterocycles. The number of alkyl halides is 2. The minimum atomic E-state index is 0.137. The summed E-state index contributed by atoms with van der Waals surface area (Å²) < 4.78 is 1.18. The van der Waals surface area contributed by atoms with Crippen LogP contribution in [-0.4, -0.2) is 4.98 Å². The van der Waals surface area contributed by atoms with Gasteiger partial charge in [-0.3, -0.25) is 4.98 Å². The van der Waals surface area contributed by atoms with Gasteiger partial charge in [0.05, 0.1) is 5.69 Å². The van der Waals surface area contributed by atoms with E-state index in [9.17, 15) is 0 Å². The van der Waals surface area contributed by atoms with Crippen molar-refractivity contribution >= 4 is 47.8 Å². The predicted octanol–water partition coefficient (Wildman–Crippen LogP) is 3.63. The molecule has 1 rings (SSSR count). The fourth-order valence-electron chi connectivity index (χ4n) is 0.541. The Hall–Kier alpha value is 0.590. The van der Waals surface area contributed by atoms with Crippen LogP contribution >= 0.6 is 47.8 Å². The molecular weight excluding hydrogens is 326 g/mol. The molecule has 0 saturated heterocycles. The molecule has 1 heterocycles. The number of hydrogen-bond acceptors (Lipinski definition) is 1. The molecule has 0 saturated carbocycles. The molecule has 0 radical (unpaired) electrons. The van der Waals surface area contributed by atoms with Gasteiger partial charge in [-0.25, -0.2) is 0 Å². The molecule has 0 amide bonds. The van der Waals surface area contributed by atoms with E-state index in [1.807, 2.05) is 12.1 Å². The summed E-state index contributed by atoms with van der Waals surface area (Å²) in [4.78, 5) is 4.12. The molecule has 4 heteroatoms. The van der Waals surface area contributed by atoms with Crippen LogP contribution in [0.15, 0.2) is 22.8 Å². The highest BCUT2D eigenvalue weighted by molar-refractivity contribution is 9.24. The van der Waals surface area contributed by atoms with Crippen molar-refractivity contribution in [3.8, 4) is 0 Å². The maximum absolute atomic E-state index is 4.12. The van der Waals surface area contributed by atoms with Crippen LogP contribution in [0.25, 0.3) is 0 Å². The third-order valence-electron chi connectivity index (χ3n) is 0.967. The molecule has 0 aliphatic rings. The van der Waals surface area contributed by atoms with Gasteiger partial charge < -0.3 is 0 Å². The monoisotopic (exact) mass is 327 g/mol. The predicted molar refractivity (Wildman–Crippen MR) is 52.5 cm³/mol. The highest BCUT2D eigenvalue weighted by Gasteiger charge is 2.02. The summed E-state index contributed by atoms with van der Waals surface area (Å²) in [6.45, 7) is 0. The van der Waals surface area contributed by atoms with Crippen molar-refractivity contribution in [2.75, 3.05) is 0 Å². The van der Waals surface area contributed by atoms with Crippen molar-refractivity contribution in [2.45, 2.75) is 3.74 Å². The van der Waals surface area contributed by atoms with E-state index in [-0.39, 0.29) is 3.74 Å². The summed E-state index contributed by atoms with van der Waals surface area (Å²) in [7, 11) is 0. The second-order valence-corrected chi connectivity index (χ2v) is 5.68. The molecule has 0 fully saturated rings. The number of aromatic nitrogens is 1. The second-order valence-electron chi connectivity index (χ2n) is 1.70. The van der Waals surface area contributed by atoms with Gasteiger partial charge in [0.2, 0.25) is 0 Å². The van der Waals surface area contributed by atoms with Gasteiger partial charge in [0.25, 0.3) is 0 Å². The Balaban J connectivity index is 2.96. The molecule has 0 aliphatic carbocycles. The molecule has 0 bridgehead atoms. The highest BCUT2D eigenvalue weighted by atomic mass is 79.9. The Morgan fingerprint density at radius 3 is 2.50 bits per heavy atom. The first kappa shape index (κ1) is 8.68. The SMILES string of the molecule is Brc1ccnc(C(Br)Br)c1. The van der Waals surface area contributed by atoms with Gasteiger partial charge in [-0.2, -0.15) is 0 Å². The van der Waals surface area contributed by atoms with Gasteiger partial charge in [0.15, 0.2) is 0 Å². The zero-order chi connectivity index (χ0) is 7.56. The Morgan fingerprint density at radius 1 is 1.40 bits per heavy atom. The van der Waals surface area contributed by atoms with Crippen LogP contribution in [0.1, 0.15) is 9.43 Å². The Kier molecular flexibility index (Phi) is 3.33. The summed E-state index contributed by atoms with van der Waals surface area (Å²) in [6, 6.07) is 3.85. The maximum Gasteiger partial charge on any atom is 0.112 e. The average molecular weight is 330 g/mol. The van der Waals surface area contributed by atoms with Crippen LogP contribution in [0.2, 0.25) is 0 Å². The minimum absolute atomic E-state index is 0.137. The fourth-order valence-corrected chi connectivity index (χ4v) is 1.39. The number of hydrogen-bond donors (Lipinski definition) is 0. The lowest BCUT2D eigenvalue weighted by Gasteiger charge is -1.99. The van der Waals surface area contributed by atoms with Gasteiger partial charge in [-0.15, -0.1) is 0 Å². The third-order valence-corrected chi connectivity index (χ3v) is 2.40. The van der Waals surface area contributed by atoms with Crippen LogP contribution in [0.3, 0.4) is 0 Å². The molecule has 10 heavy (non-hydrogen) atoms. The summed E-state index contributed by atoms with van der Waals surface area (Å²) in [5.41, 5.74) is 0.967. The van der Waals surface area contributed by atoms with Crippen LogP contribution in [-0.2, 0) is 0 Å². The van der Waals surface area contributed by atoms with E-state index in [0.29, 0.717) is 0 Å². The number of pyridine rings is 1. The van der Waals surface area contributed by atoms with E-state index in [0.717, 1.165) is 10.2 Å².